The van der Waals surface area contributed by atoms with Gasteiger partial charge in [-0.3, -0.25) is 0 Å². The Hall–Kier alpha value is -2.29. The molecule has 2 aromatic carbocycles. The van der Waals surface area contributed by atoms with Gasteiger partial charge in [0.05, 0.1) is 16.4 Å². The molecule has 0 aliphatic rings. The normalized spacial score (nSPS) is 11.6. The second-order valence-corrected chi connectivity index (χ2v) is 11.1. The number of hydrogen-bond donors (Lipinski definition) is 1. The molecule has 9 heteroatoms. The van der Waals surface area contributed by atoms with Gasteiger partial charge in [-0.2, -0.15) is 0 Å². The first kappa shape index (κ1) is 25.3. The van der Waals surface area contributed by atoms with Gasteiger partial charge in [0.1, 0.15) is 11.4 Å². The summed E-state index contributed by atoms with van der Waals surface area (Å²) in [6.07, 6.45) is 0.492. The summed E-state index contributed by atoms with van der Waals surface area (Å²) >= 11 is 9.49. The topological polar surface area (TPSA) is 85.6 Å². The first-order valence-corrected chi connectivity index (χ1v) is 12.9. The van der Waals surface area contributed by atoms with E-state index >= 15 is 0 Å². The lowest BCUT2D eigenvalue weighted by molar-refractivity contribution is 0.0683. The van der Waals surface area contributed by atoms with Crippen molar-refractivity contribution in [2.24, 2.45) is 0 Å². The summed E-state index contributed by atoms with van der Waals surface area (Å²) in [5, 5.41) is 10.5. The number of hydrogen-bond acceptors (Lipinski definition) is 4. The van der Waals surface area contributed by atoms with Gasteiger partial charge in [0.25, 0.3) is 0 Å². The highest BCUT2D eigenvalue weighted by molar-refractivity contribution is 9.10. The largest absolute Gasteiger partial charge is 0.494 e. The summed E-state index contributed by atoms with van der Waals surface area (Å²) < 4.78 is 34.7. The van der Waals surface area contributed by atoms with Crippen LogP contribution in [0.5, 0.6) is 5.75 Å². The van der Waals surface area contributed by atoms with Crippen LogP contribution >= 0.6 is 27.5 Å². The van der Waals surface area contributed by atoms with Crippen molar-refractivity contribution in [2.45, 2.75) is 50.5 Å². The first-order chi connectivity index (χ1) is 15.4. The minimum atomic E-state index is -3.90. The van der Waals surface area contributed by atoms with Gasteiger partial charge in [0, 0.05) is 27.3 Å². The van der Waals surface area contributed by atoms with E-state index in [1.165, 1.54) is 19.1 Å². The number of nitrogens with zero attached hydrogens (tertiary/aromatic N) is 1. The fraction of sp³-hybridized carbons (Fsp3) is 0.292. The quantitative estimate of drug-likeness (QED) is 0.338. The standard InChI is InChI=1S/C24H25BrClNO5S/c1-14-11-19(12-15(2)21(14)26)32-10-6-9-27-17(4)23(16(3)22(27)24(28)29)33(30,31)20-8-5-7-18(25)13-20/h5,7-8,11-13H,6,9-10H2,1-4H3,(H,28,29). The van der Waals surface area contributed by atoms with Crippen molar-refractivity contribution in [3.8, 4) is 5.75 Å². The lowest BCUT2D eigenvalue weighted by Crippen LogP contribution is -2.13. The molecule has 3 rings (SSSR count). The molecule has 1 N–H and O–H groups in total. The molecule has 0 bridgehead atoms. The van der Waals surface area contributed by atoms with Gasteiger partial charge < -0.3 is 14.4 Å². The zero-order valence-electron chi connectivity index (χ0n) is 18.8. The Bertz CT molecular complexity index is 1310. The van der Waals surface area contributed by atoms with Crippen LogP contribution in [0.15, 0.2) is 50.7 Å². The Morgan fingerprint density at radius 1 is 1.12 bits per heavy atom. The third-order valence-electron chi connectivity index (χ3n) is 5.48. The predicted octanol–water partition coefficient (Wildman–Crippen LogP) is 6.14. The summed E-state index contributed by atoms with van der Waals surface area (Å²) in [6.45, 7) is 7.61. The molecule has 1 heterocycles. The van der Waals surface area contributed by atoms with Crippen molar-refractivity contribution in [1.29, 1.82) is 0 Å². The number of aromatic carboxylic acids is 1. The third-order valence-corrected chi connectivity index (χ3v) is 8.58. The van der Waals surface area contributed by atoms with Crippen LogP contribution < -0.4 is 4.74 Å². The summed E-state index contributed by atoms with van der Waals surface area (Å²) in [6, 6.07) is 10.1. The van der Waals surface area contributed by atoms with E-state index in [0.29, 0.717) is 40.5 Å². The van der Waals surface area contributed by atoms with Crippen molar-refractivity contribution in [3.05, 3.63) is 74.0 Å². The Balaban J connectivity index is 1.88. The zero-order chi connectivity index (χ0) is 24.5. The minimum Gasteiger partial charge on any atom is -0.494 e. The fourth-order valence-electron chi connectivity index (χ4n) is 3.98. The van der Waals surface area contributed by atoms with Crippen molar-refractivity contribution in [2.75, 3.05) is 6.61 Å². The van der Waals surface area contributed by atoms with Gasteiger partial charge >= 0.3 is 5.97 Å². The molecule has 0 atom stereocenters. The van der Waals surface area contributed by atoms with E-state index in [1.807, 2.05) is 26.0 Å². The Morgan fingerprint density at radius 2 is 1.76 bits per heavy atom. The Kier molecular flexibility index (Phi) is 7.61. The van der Waals surface area contributed by atoms with E-state index in [9.17, 15) is 18.3 Å². The molecule has 176 valence electrons. The number of rotatable bonds is 8. The van der Waals surface area contributed by atoms with Crippen LogP contribution in [0.2, 0.25) is 5.02 Å². The van der Waals surface area contributed by atoms with Crippen LogP contribution in [0.4, 0.5) is 0 Å². The smallest absolute Gasteiger partial charge is 0.352 e. The monoisotopic (exact) mass is 553 g/mol. The summed E-state index contributed by atoms with van der Waals surface area (Å²) in [7, 11) is -3.90. The number of aromatic nitrogens is 1. The molecule has 33 heavy (non-hydrogen) atoms. The van der Waals surface area contributed by atoms with E-state index in [0.717, 1.165) is 11.1 Å². The summed E-state index contributed by atoms with van der Waals surface area (Å²) in [5.74, 6) is -0.484. The molecule has 0 saturated heterocycles. The fourth-order valence-corrected chi connectivity index (χ4v) is 6.41. The zero-order valence-corrected chi connectivity index (χ0v) is 21.9. The van der Waals surface area contributed by atoms with Crippen molar-refractivity contribution in [1.82, 2.24) is 4.57 Å². The molecular formula is C24H25BrClNO5S. The highest BCUT2D eigenvalue weighted by Gasteiger charge is 2.31. The van der Waals surface area contributed by atoms with E-state index in [-0.39, 0.29) is 21.0 Å². The van der Waals surface area contributed by atoms with Crippen LogP contribution in [-0.4, -0.2) is 30.7 Å². The number of carboxylic acid groups (broad SMARTS) is 1. The molecule has 0 fully saturated rings. The summed E-state index contributed by atoms with van der Waals surface area (Å²) in [5.41, 5.74) is 2.42. The molecule has 0 radical (unpaired) electrons. The Labute approximate surface area is 207 Å². The number of carbonyl (C=O) groups is 1. The molecule has 3 aromatic rings. The average molecular weight is 555 g/mol. The van der Waals surface area contributed by atoms with E-state index in [2.05, 4.69) is 15.9 Å². The third kappa shape index (κ3) is 5.13. The number of halogens is 2. The molecule has 0 amide bonds. The van der Waals surface area contributed by atoms with Crippen LogP contribution in [0.3, 0.4) is 0 Å². The van der Waals surface area contributed by atoms with Crippen molar-refractivity contribution < 1.29 is 23.1 Å². The van der Waals surface area contributed by atoms with Crippen molar-refractivity contribution in [3.63, 3.8) is 0 Å². The summed E-state index contributed by atoms with van der Waals surface area (Å²) in [4.78, 5) is 12.2. The molecule has 6 nitrogen and oxygen atoms in total. The molecule has 0 spiro atoms. The molecule has 1 aromatic heterocycles. The number of aryl methyl sites for hydroxylation is 2. The van der Waals surface area contributed by atoms with Crippen molar-refractivity contribution >= 4 is 43.3 Å². The maximum atomic E-state index is 13.4. The van der Waals surface area contributed by atoms with Crippen LogP contribution in [0.1, 0.15) is 39.3 Å². The maximum absolute atomic E-state index is 13.4. The number of ether oxygens (including phenoxy) is 1. The van der Waals surface area contributed by atoms with E-state index < -0.39 is 15.8 Å². The number of benzene rings is 2. The second-order valence-electron chi connectivity index (χ2n) is 7.88. The van der Waals surface area contributed by atoms with Gasteiger partial charge in [0.15, 0.2) is 0 Å². The maximum Gasteiger partial charge on any atom is 0.352 e. The lowest BCUT2D eigenvalue weighted by atomic mass is 10.1. The van der Waals surface area contributed by atoms with Crippen LogP contribution in [-0.2, 0) is 16.4 Å². The molecule has 0 aliphatic heterocycles. The van der Waals surface area contributed by atoms with Gasteiger partial charge in [-0.25, -0.2) is 13.2 Å². The number of carboxylic acids is 1. The van der Waals surface area contributed by atoms with Gasteiger partial charge in [-0.15, -0.1) is 0 Å². The predicted molar refractivity (Wildman–Crippen MR) is 131 cm³/mol. The van der Waals surface area contributed by atoms with Crippen LogP contribution in [0.25, 0.3) is 0 Å². The lowest BCUT2D eigenvalue weighted by Gasteiger charge is -2.12. The van der Waals surface area contributed by atoms with Crippen LogP contribution in [0, 0.1) is 27.7 Å². The molecule has 0 saturated carbocycles. The van der Waals surface area contributed by atoms with Gasteiger partial charge in [0.2, 0.25) is 9.84 Å². The second kappa shape index (κ2) is 9.91. The molecular weight excluding hydrogens is 530 g/mol. The molecule has 0 unspecified atom stereocenters. The van der Waals surface area contributed by atoms with E-state index in [4.69, 9.17) is 16.3 Å². The van der Waals surface area contributed by atoms with Gasteiger partial charge in [-0.1, -0.05) is 33.6 Å². The highest BCUT2D eigenvalue weighted by atomic mass is 79.9. The number of sulfone groups is 1. The highest BCUT2D eigenvalue weighted by Crippen LogP contribution is 2.33. The average Bonchev–Trinajstić information content (AvgIpc) is 2.99. The minimum absolute atomic E-state index is 0.0285. The first-order valence-electron chi connectivity index (χ1n) is 10.3. The SMILES string of the molecule is Cc1cc(OCCCn2c(C)c(S(=O)(=O)c3cccc(Br)c3)c(C)c2C(=O)O)cc(C)c1Cl. The Morgan fingerprint density at radius 3 is 2.33 bits per heavy atom. The molecule has 0 aliphatic carbocycles. The van der Waals surface area contributed by atoms with E-state index in [1.54, 1.807) is 23.6 Å². The van der Waals surface area contributed by atoms with Gasteiger partial charge in [-0.05, 0) is 75.6 Å².